The van der Waals surface area contributed by atoms with Gasteiger partial charge in [0.25, 0.3) is 0 Å². The van der Waals surface area contributed by atoms with Crippen LogP contribution in [0, 0.1) is 0 Å². The van der Waals surface area contributed by atoms with Gasteiger partial charge in [0.2, 0.25) is 0 Å². The fourth-order valence-corrected chi connectivity index (χ4v) is 1.44. The van der Waals surface area contributed by atoms with Crippen LogP contribution in [0.5, 0.6) is 0 Å². The Morgan fingerprint density at radius 1 is 1.24 bits per heavy atom. The first-order valence-corrected chi connectivity index (χ1v) is 5.64. The van der Waals surface area contributed by atoms with Crippen LogP contribution >= 0.6 is 0 Å². The zero-order valence-electron chi connectivity index (χ0n) is 10.6. The molecule has 114 valence electrons. The van der Waals surface area contributed by atoms with Crippen LogP contribution in [0.25, 0.3) is 0 Å². The van der Waals surface area contributed by atoms with Gasteiger partial charge in [0.15, 0.2) is 17.6 Å². The second-order valence-corrected chi connectivity index (χ2v) is 4.17. The van der Waals surface area contributed by atoms with E-state index in [4.69, 9.17) is 14.6 Å². The van der Waals surface area contributed by atoms with Crippen LogP contribution in [-0.4, -0.2) is 45.1 Å². The first-order chi connectivity index (χ1) is 9.76. The van der Waals surface area contributed by atoms with E-state index in [2.05, 4.69) is 4.74 Å². The second kappa shape index (κ2) is 6.66. The van der Waals surface area contributed by atoms with E-state index in [1.165, 1.54) is 12.1 Å². The number of ether oxygens (including phenoxy) is 1. The first-order valence-electron chi connectivity index (χ1n) is 5.64. The molecule has 1 aromatic rings. The van der Waals surface area contributed by atoms with E-state index in [0.29, 0.717) is 6.29 Å². The fraction of sp³-hybridized carbons (Fsp3) is 0.333. The predicted molar refractivity (Wildman–Crippen MR) is 63.3 cm³/mol. The minimum absolute atomic E-state index is 0.0222. The van der Waals surface area contributed by atoms with Gasteiger partial charge in [-0.15, -0.1) is 0 Å². The highest BCUT2D eigenvalue weighted by Gasteiger charge is 2.41. The number of aliphatic carboxylic acids is 2. The molecule has 0 aromatic carbocycles. The molecule has 1 rings (SSSR count). The van der Waals surface area contributed by atoms with Crippen molar-refractivity contribution < 1.29 is 43.7 Å². The standard InChI is InChI=1S/C12H12O9/c13-5-7-1-2-8(21-7)6-20-10(16)4-12(19,11(17)18)3-9(14)15/h1-2,5,19H,3-4,6H2,(H,14,15)(H,17,18)/t12-/m0/s1. The Bertz CT molecular complexity index is 559. The van der Waals surface area contributed by atoms with Crippen LogP contribution in [0.3, 0.4) is 0 Å². The average Bonchev–Trinajstić information content (AvgIpc) is 2.83. The van der Waals surface area contributed by atoms with Crippen molar-refractivity contribution in [3.8, 4) is 0 Å². The molecular formula is C12H12O9. The van der Waals surface area contributed by atoms with Crippen molar-refractivity contribution in [3.05, 3.63) is 23.7 Å². The van der Waals surface area contributed by atoms with Crippen LogP contribution in [-0.2, 0) is 25.7 Å². The molecule has 0 aliphatic carbocycles. The van der Waals surface area contributed by atoms with Gasteiger partial charge in [-0.3, -0.25) is 14.4 Å². The number of furan rings is 1. The highest BCUT2D eigenvalue weighted by Crippen LogP contribution is 2.18. The monoisotopic (exact) mass is 300 g/mol. The third-order valence-electron chi connectivity index (χ3n) is 2.45. The summed E-state index contributed by atoms with van der Waals surface area (Å²) in [7, 11) is 0. The van der Waals surface area contributed by atoms with Crippen molar-refractivity contribution in [1.29, 1.82) is 0 Å². The van der Waals surface area contributed by atoms with E-state index in [0.717, 1.165) is 0 Å². The first kappa shape index (κ1) is 16.4. The number of carboxylic acid groups (broad SMARTS) is 2. The maximum atomic E-state index is 11.4. The van der Waals surface area contributed by atoms with Gasteiger partial charge < -0.3 is 24.5 Å². The Morgan fingerprint density at radius 2 is 1.90 bits per heavy atom. The molecule has 0 fully saturated rings. The zero-order valence-corrected chi connectivity index (χ0v) is 10.6. The van der Waals surface area contributed by atoms with Gasteiger partial charge in [0.1, 0.15) is 12.4 Å². The molecule has 0 radical (unpaired) electrons. The lowest BCUT2D eigenvalue weighted by molar-refractivity contribution is -0.172. The number of rotatable bonds is 8. The number of aliphatic hydroxyl groups is 1. The van der Waals surface area contributed by atoms with Crippen molar-refractivity contribution in [2.75, 3.05) is 0 Å². The Hall–Kier alpha value is -2.68. The highest BCUT2D eigenvalue weighted by molar-refractivity contribution is 5.88. The molecule has 0 saturated heterocycles. The summed E-state index contributed by atoms with van der Waals surface area (Å²) in [6.07, 6.45) is -1.73. The maximum Gasteiger partial charge on any atom is 0.336 e. The molecule has 21 heavy (non-hydrogen) atoms. The summed E-state index contributed by atoms with van der Waals surface area (Å²) >= 11 is 0. The Morgan fingerprint density at radius 3 is 2.38 bits per heavy atom. The molecule has 9 nitrogen and oxygen atoms in total. The molecule has 0 amide bonds. The summed E-state index contributed by atoms with van der Waals surface area (Å²) in [5, 5.41) is 26.9. The number of hydrogen-bond donors (Lipinski definition) is 3. The lowest BCUT2D eigenvalue weighted by Gasteiger charge is -2.19. The predicted octanol–water partition coefficient (Wildman–Crippen LogP) is -0.184. The summed E-state index contributed by atoms with van der Waals surface area (Å²) in [6, 6.07) is 2.71. The van der Waals surface area contributed by atoms with Crippen LogP contribution < -0.4 is 0 Å². The molecule has 3 N–H and O–H groups in total. The number of aldehydes is 1. The van der Waals surface area contributed by atoms with Gasteiger partial charge >= 0.3 is 17.9 Å². The maximum absolute atomic E-state index is 11.4. The molecule has 0 saturated carbocycles. The van der Waals surface area contributed by atoms with Gasteiger partial charge in [-0.1, -0.05) is 0 Å². The quantitative estimate of drug-likeness (QED) is 0.438. The van der Waals surface area contributed by atoms with E-state index in [9.17, 15) is 24.3 Å². The molecule has 9 heteroatoms. The number of hydrogen-bond acceptors (Lipinski definition) is 7. The summed E-state index contributed by atoms with van der Waals surface area (Å²) in [5.41, 5.74) is -2.75. The molecule has 0 unspecified atom stereocenters. The van der Waals surface area contributed by atoms with Gasteiger partial charge in [-0.25, -0.2) is 4.79 Å². The zero-order chi connectivity index (χ0) is 16.0. The molecule has 0 bridgehead atoms. The normalized spacial score (nSPS) is 13.2. The minimum Gasteiger partial charge on any atom is -0.481 e. The van der Waals surface area contributed by atoms with Gasteiger partial charge in [-0.05, 0) is 12.1 Å². The second-order valence-electron chi connectivity index (χ2n) is 4.17. The summed E-state index contributed by atoms with van der Waals surface area (Å²) < 4.78 is 9.56. The van der Waals surface area contributed by atoms with Crippen molar-refractivity contribution in [1.82, 2.24) is 0 Å². The van der Waals surface area contributed by atoms with E-state index in [1.54, 1.807) is 0 Å². The Kier molecular flexibility index (Phi) is 5.19. The largest absolute Gasteiger partial charge is 0.481 e. The molecule has 1 atom stereocenters. The van der Waals surface area contributed by atoms with Crippen molar-refractivity contribution in [3.63, 3.8) is 0 Å². The van der Waals surface area contributed by atoms with Gasteiger partial charge in [-0.2, -0.15) is 0 Å². The summed E-state index contributed by atoms with van der Waals surface area (Å²) in [5.74, 6) is -4.38. The molecular weight excluding hydrogens is 288 g/mol. The van der Waals surface area contributed by atoms with E-state index < -0.39 is 36.4 Å². The third kappa shape index (κ3) is 4.73. The van der Waals surface area contributed by atoms with Crippen LogP contribution in [0.15, 0.2) is 16.5 Å². The van der Waals surface area contributed by atoms with Crippen LogP contribution in [0.1, 0.15) is 29.2 Å². The van der Waals surface area contributed by atoms with Gasteiger partial charge in [0, 0.05) is 0 Å². The molecule has 0 aliphatic heterocycles. The average molecular weight is 300 g/mol. The van der Waals surface area contributed by atoms with Crippen molar-refractivity contribution in [2.45, 2.75) is 25.0 Å². The summed E-state index contributed by atoms with van der Waals surface area (Å²) in [4.78, 5) is 43.1. The van der Waals surface area contributed by atoms with Crippen molar-refractivity contribution >= 4 is 24.2 Å². The van der Waals surface area contributed by atoms with E-state index in [-0.39, 0.29) is 18.1 Å². The van der Waals surface area contributed by atoms with Crippen LogP contribution in [0.2, 0.25) is 0 Å². The Balaban J connectivity index is 2.60. The third-order valence-corrected chi connectivity index (χ3v) is 2.45. The van der Waals surface area contributed by atoms with Crippen molar-refractivity contribution in [2.24, 2.45) is 0 Å². The number of carboxylic acids is 2. The number of carbonyl (C=O) groups excluding carboxylic acids is 2. The van der Waals surface area contributed by atoms with E-state index in [1.807, 2.05) is 0 Å². The smallest absolute Gasteiger partial charge is 0.336 e. The van der Waals surface area contributed by atoms with Gasteiger partial charge in [0.05, 0.1) is 12.8 Å². The fourth-order valence-electron chi connectivity index (χ4n) is 1.44. The number of esters is 1. The molecule has 1 aromatic heterocycles. The molecule has 1 heterocycles. The lowest BCUT2D eigenvalue weighted by atomic mass is 9.96. The topological polar surface area (TPSA) is 151 Å². The molecule has 0 spiro atoms. The van der Waals surface area contributed by atoms with E-state index >= 15 is 0 Å². The molecule has 0 aliphatic rings. The highest BCUT2D eigenvalue weighted by atomic mass is 16.5. The number of carbonyl (C=O) groups is 4. The Labute approximate surface area is 117 Å². The lowest BCUT2D eigenvalue weighted by Crippen LogP contribution is -2.43. The van der Waals surface area contributed by atoms with Crippen LogP contribution in [0.4, 0.5) is 0 Å². The SMILES string of the molecule is O=Cc1ccc(COC(=O)C[C@@](O)(CC(=O)O)C(=O)O)o1. The summed E-state index contributed by atoms with van der Waals surface area (Å²) in [6.45, 7) is -0.380. The minimum atomic E-state index is -2.75.